The topological polar surface area (TPSA) is 66.8 Å². The largest absolute Gasteiger partial charge is 0.389 e. The molecule has 0 heterocycles. The van der Waals surface area contributed by atoms with Gasteiger partial charge in [0.1, 0.15) is 6.10 Å². The van der Waals surface area contributed by atoms with Crippen molar-refractivity contribution >= 4 is 5.78 Å². The highest BCUT2D eigenvalue weighted by Crippen LogP contribution is 2.33. The molecule has 0 bridgehead atoms. The lowest BCUT2D eigenvalue weighted by molar-refractivity contribution is -0.271. The smallest absolute Gasteiger partial charge is 0.161 e. The van der Waals surface area contributed by atoms with E-state index in [2.05, 4.69) is 11.5 Å². The summed E-state index contributed by atoms with van der Waals surface area (Å²) in [7, 11) is 0. The van der Waals surface area contributed by atoms with Gasteiger partial charge in [0.15, 0.2) is 5.78 Å². The van der Waals surface area contributed by atoms with Crippen LogP contribution >= 0.6 is 0 Å². The van der Waals surface area contributed by atoms with E-state index in [1.807, 2.05) is 6.92 Å². The van der Waals surface area contributed by atoms with Crippen LogP contribution in [0.25, 0.3) is 0 Å². The molecule has 0 fully saturated rings. The van der Waals surface area contributed by atoms with Gasteiger partial charge in [-0.15, -0.1) is 0 Å². The minimum Gasteiger partial charge on any atom is -0.389 e. The maximum atomic E-state index is 12.0. The summed E-state index contributed by atoms with van der Waals surface area (Å²) in [5.74, 6) is -0.383. The van der Waals surface area contributed by atoms with E-state index in [1.165, 1.54) is 0 Å². The maximum Gasteiger partial charge on any atom is 0.161 e. The van der Waals surface area contributed by atoms with Gasteiger partial charge in [0.2, 0.25) is 0 Å². The van der Waals surface area contributed by atoms with E-state index in [4.69, 9.17) is 5.26 Å². The molecule has 0 amide bonds. The quantitative estimate of drug-likeness (QED) is 0.441. The number of ketones is 1. The van der Waals surface area contributed by atoms with Gasteiger partial charge < -0.3 is 5.11 Å². The van der Waals surface area contributed by atoms with Crippen molar-refractivity contribution in [3.05, 3.63) is 23.8 Å². The predicted molar refractivity (Wildman–Crippen MR) is 73.7 cm³/mol. The zero-order chi connectivity index (χ0) is 14.6. The molecule has 4 nitrogen and oxygen atoms in total. The Morgan fingerprint density at radius 2 is 2.32 bits per heavy atom. The fourth-order valence-electron chi connectivity index (χ4n) is 2.53. The normalized spacial score (nSPS) is 24.6. The number of hydrogen-bond donors (Lipinski definition) is 2. The fraction of sp³-hybridized carbons (Fsp3) is 0.667. The molecule has 1 aliphatic rings. The molecule has 0 aromatic rings. The Bertz CT molecular complexity index is 382. The van der Waals surface area contributed by atoms with Crippen LogP contribution in [-0.4, -0.2) is 27.9 Å². The molecule has 0 saturated heterocycles. The van der Waals surface area contributed by atoms with Gasteiger partial charge in [-0.2, -0.15) is 0 Å². The third-order valence-corrected chi connectivity index (χ3v) is 3.90. The number of allylic oxidation sites excluding steroid dienone is 2. The summed E-state index contributed by atoms with van der Waals surface area (Å²) in [6.07, 6.45) is 3.46. The van der Waals surface area contributed by atoms with Crippen molar-refractivity contribution in [2.75, 3.05) is 0 Å². The number of hydrogen-bond acceptors (Lipinski definition) is 4. The lowest BCUT2D eigenvalue weighted by Gasteiger charge is -2.34. The van der Waals surface area contributed by atoms with E-state index in [-0.39, 0.29) is 11.7 Å². The second-order valence-electron chi connectivity index (χ2n) is 5.82. The van der Waals surface area contributed by atoms with Gasteiger partial charge in [-0.05, 0) is 58.1 Å². The van der Waals surface area contributed by atoms with Crippen LogP contribution in [0.5, 0.6) is 0 Å². The third-order valence-electron chi connectivity index (χ3n) is 3.90. The Hall–Kier alpha value is -0.970. The van der Waals surface area contributed by atoms with E-state index >= 15 is 0 Å². The molecule has 0 aromatic carbocycles. The number of rotatable bonds is 6. The Kier molecular flexibility index (Phi) is 5.47. The van der Waals surface area contributed by atoms with Gasteiger partial charge in [-0.3, -0.25) is 10.1 Å². The molecule has 2 N–H and O–H groups in total. The van der Waals surface area contributed by atoms with Gasteiger partial charge in [-0.25, -0.2) is 4.89 Å². The second-order valence-corrected chi connectivity index (χ2v) is 5.82. The van der Waals surface area contributed by atoms with E-state index in [0.29, 0.717) is 24.8 Å². The monoisotopic (exact) mass is 268 g/mol. The van der Waals surface area contributed by atoms with Crippen molar-refractivity contribution in [1.29, 1.82) is 0 Å². The molecule has 0 unspecified atom stereocenters. The van der Waals surface area contributed by atoms with Crippen LogP contribution in [-0.2, 0) is 9.68 Å². The summed E-state index contributed by atoms with van der Waals surface area (Å²) in [4.78, 5) is 16.3. The van der Waals surface area contributed by atoms with Gasteiger partial charge in [0, 0.05) is 0 Å². The average molecular weight is 268 g/mol. The van der Waals surface area contributed by atoms with Crippen LogP contribution in [0.4, 0.5) is 0 Å². The lowest BCUT2D eigenvalue weighted by Crippen LogP contribution is -2.41. The molecular weight excluding hydrogens is 244 g/mol. The van der Waals surface area contributed by atoms with Crippen LogP contribution in [0.3, 0.4) is 0 Å². The summed E-state index contributed by atoms with van der Waals surface area (Å²) in [5.41, 5.74) is 0.681. The maximum absolute atomic E-state index is 12.0. The van der Waals surface area contributed by atoms with Gasteiger partial charge >= 0.3 is 0 Å². The Morgan fingerprint density at radius 1 is 1.68 bits per heavy atom. The van der Waals surface area contributed by atoms with Gasteiger partial charge in [0.05, 0.1) is 11.5 Å². The van der Waals surface area contributed by atoms with E-state index < -0.39 is 11.7 Å². The summed E-state index contributed by atoms with van der Waals surface area (Å²) in [6.45, 7) is 9.09. The molecular formula is C15H24O4. The van der Waals surface area contributed by atoms with Crippen molar-refractivity contribution in [1.82, 2.24) is 0 Å². The standard InChI is InChI=1S/C15H24O4/c1-10(2)14(19-18)7-8-15(4,17)12-6-5-11(3)9-13(12)16/h9,12,14,17-18H,1,5-8H2,2-4H3/t12-,14-,15+/m1/s1. The van der Waals surface area contributed by atoms with E-state index in [1.54, 1.807) is 19.9 Å². The third kappa shape index (κ3) is 4.27. The van der Waals surface area contributed by atoms with Crippen LogP contribution in [0.2, 0.25) is 0 Å². The summed E-state index contributed by atoms with van der Waals surface area (Å²) < 4.78 is 0. The molecule has 0 saturated carbocycles. The number of carbonyl (C=O) groups is 1. The van der Waals surface area contributed by atoms with Crippen LogP contribution in [0.1, 0.15) is 46.5 Å². The van der Waals surface area contributed by atoms with Crippen molar-refractivity contribution in [3.63, 3.8) is 0 Å². The summed E-state index contributed by atoms with van der Waals surface area (Å²) in [5, 5.41) is 19.3. The first-order valence-electron chi connectivity index (χ1n) is 6.67. The molecule has 1 rings (SSSR count). The molecule has 19 heavy (non-hydrogen) atoms. The van der Waals surface area contributed by atoms with Crippen LogP contribution < -0.4 is 0 Å². The molecule has 0 aliphatic heterocycles. The number of aliphatic hydroxyl groups is 1. The Balaban J connectivity index is 2.66. The van der Waals surface area contributed by atoms with Crippen molar-refractivity contribution in [2.45, 2.75) is 58.2 Å². The average Bonchev–Trinajstić information content (AvgIpc) is 2.28. The van der Waals surface area contributed by atoms with Gasteiger partial charge in [-0.1, -0.05) is 12.2 Å². The Morgan fingerprint density at radius 3 is 2.79 bits per heavy atom. The summed E-state index contributed by atoms with van der Waals surface area (Å²) in [6, 6.07) is 0. The molecule has 3 atom stereocenters. The lowest BCUT2D eigenvalue weighted by atomic mass is 9.75. The van der Waals surface area contributed by atoms with Crippen molar-refractivity contribution in [3.8, 4) is 0 Å². The highest BCUT2D eigenvalue weighted by atomic mass is 17.1. The van der Waals surface area contributed by atoms with Crippen LogP contribution in [0, 0.1) is 5.92 Å². The molecule has 4 heteroatoms. The minimum absolute atomic E-state index is 0.00876. The van der Waals surface area contributed by atoms with Crippen molar-refractivity contribution < 1.29 is 20.0 Å². The molecule has 0 aromatic heterocycles. The first-order chi connectivity index (χ1) is 8.77. The molecule has 108 valence electrons. The first kappa shape index (κ1) is 16.1. The van der Waals surface area contributed by atoms with Crippen molar-refractivity contribution in [2.24, 2.45) is 5.92 Å². The molecule has 1 aliphatic carbocycles. The minimum atomic E-state index is -1.08. The SMILES string of the molecule is C=C(C)[C@@H](CC[C@](C)(O)[C@@H]1CCC(C)=CC1=O)OO. The molecule has 0 spiro atoms. The number of carbonyl (C=O) groups excluding carboxylic acids is 1. The van der Waals surface area contributed by atoms with Gasteiger partial charge in [0.25, 0.3) is 0 Å². The predicted octanol–water partition coefficient (Wildman–Crippen LogP) is 2.88. The van der Waals surface area contributed by atoms with E-state index in [9.17, 15) is 9.90 Å². The highest BCUT2D eigenvalue weighted by Gasteiger charge is 2.37. The zero-order valence-corrected chi connectivity index (χ0v) is 12.0. The highest BCUT2D eigenvalue weighted by molar-refractivity contribution is 5.94. The fourth-order valence-corrected chi connectivity index (χ4v) is 2.53. The zero-order valence-electron chi connectivity index (χ0n) is 12.0. The van der Waals surface area contributed by atoms with Crippen LogP contribution in [0.15, 0.2) is 23.8 Å². The van der Waals surface area contributed by atoms with E-state index in [0.717, 1.165) is 12.0 Å². The first-order valence-corrected chi connectivity index (χ1v) is 6.67. The summed E-state index contributed by atoms with van der Waals surface area (Å²) >= 11 is 0. The Labute approximate surface area is 114 Å². The second kappa shape index (κ2) is 6.46. The molecule has 0 radical (unpaired) electrons.